The third-order valence-electron chi connectivity index (χ3n) is 2.60. The predicted octanol–water partition coefficient (Wildman–Crippen LogP) is 1.93. The summed E-state index contributed by atoms with van der Waals surface area (Å²) in [6, 6.07) is 9.74. The van der Waals surface area contributed by atoms with Crippen LogP contribution in [0.5, 0.6) is 5.75 Å². The zero-order valence-electron chi connectivity index (χ0n) is 10.9. The molecule has 2 rings (SSSR count). The number of urea groups is 1. The highest BCUT2D eigenvalue weighted by Gasteiger charge is 2.12. The molecule has 0 bridgehead atoms. The zero-order chi connectivity index (χ0) is 14.4. The Balaban J connectivity index is 1.88. The Hall–Kier alpha value is -2.76. The first-order chi connectivity index (χ1) is 9.70. The third-order valence-corrected chi connectivity index (χ3v) is 2.60. The molecule has 0 saturated carbocycles. The van der Waals surface area contributed by atoms with Crippen LogP contribution in [-0.2, 0) is 6.54 Å². The molecule has 0 atom stereocenters. The van der Waals surface area contributed by atoms with Crippen molar-refractivity contribution < 1.29 is 18.7 Å². The maximum Gasteiger partial charge on any atom is 0.322 e. The van der Waals surface area contributed by atoms with E-state index in [-0.39, 0.29) is 12.3 Å². The highest BCUT2D eigenvalue weighted by Crippen LogP contribution is 2.16. The van der Waals surface area contributed by atoms with Gasteiger partial charge in [0.05, 0.1) is 13.4 Å². The van der Waals surface area contributed by atoms with Crippen LogP contribution in [0.25, 0.3) is 0 Å². The van der Waals surface area contributed by atoms with Crippen molar-refractivity contribution in [2.45, 2.75) is 6.54 Å². The topological polar surface area (TPSA) is 80.6 Å². The van der Waals surface area contributed by atoms with Gasteiger partial charge < -0.3 is 14.5 Å². The first-order valence-corrected chi connectivity index (χ1v) is 5.95. The number of methoxy groups -OCH3 is 1. The van der Waals surface area contributed by atoms with Crippen LogP contribution in [0.3, 0.4) is 0 Å². The average molecular weight is 274 g/mol. The lowest BCUT2D eigenvalue weighted by Gasteiger charge is -2.09. The number of benzene rings is 1. The van der Waals surface area contributed by atoms with E-state index in [0.717, 1.165) is 5.56 Å². The molecule has 6 heteroatoms. The van der Waals surface area contributed by atoms with Crippen molar-refractivity contribution in [3.63, 3.8) is 0 Å². The molecule has 0 aliphatic carbocycles. The molecule has 20 heavy (non-hydrogen) atoms. The van der Waals surface area contributed by atoms with E-state index in [1.807, 2.05) is 18.2 Å². The van der Waals surface area contributed by atoms with Crippen molar-refractivity contribution in [3.8, 4) is 5.75 Å². The molecule has 0 fully saturated rings. The highest BCUT2D eigenvalue weighted by atomic mass is 16.5. The Bertz CT molecular complexity index is 593. The quantitative estimate of drug-likeness (QED) is 0.892. The first kappa shape index (κ1) is 13.7. The van der Waals surface area contributed by atoms with Crippen molar-refractivity contribution in [2.24, 2.45) is 0 Å². The average Bonchev–Trinajstić information content (AvgIpc) is 2.99. The Kier molecular flexibility index (Phi) is 4.39. The fourth-order valence-corrected chi connectivity index (χ4v) is 1.64. The fraction of sp³-hybridized carbons (Fsp3) is 0.143. The molecular formula is C14H14N2O4. The molecule has 0 unspecified atom stereocenters. The van der Waals surface area contributed by atoms with Crippen molar-refractivity contribution >= 4 is 11.9 Å². The maximum absolute atomic E-state index is 11.6. The summed E-state index contributed by atoms with van der Waals surface area (Å²) in [6.07, 6.45) is 1.36. The van der Waals surface area contributed by atoms with Crippen LogP contribution in [0.1, 0.15) is 16.1 Å². The van der Waals surface area contributed by atoms with E-state index in [2.05, 4.69) is 10.6 Å². The van der Waals surface area contributed by atoms with Gasteiger partial charge in [0, 0.05) is 12.1 Å². The second-order valence-electron chi connectivity index (χ2n) is 3.93. The van der Waals surface area contributed by atoms with Crippen molar-refractivity contribution in [1.29, 1.82) is 0 Å². The van der Waals surface area contributed by atoms with Gasteiger partial charge >= 0.3 is 6.03 Å². The monoisotopic (exact) mass is 274 g/mol. The molecular weight excluding hydrogens is 260 g/mol. The van der Waals surface area contributed by atoms with Gasteiger partial charge in [-0.15, -0.1) is 0 Å². The van der Waals surface area contributed by atoms with Crippen molar-refractivity contribution in [2.75, 3.05) is 7.11 Å². The van der Waals surface area contributed by atoms with Gasteiger partial charge in [0.1, 0.15) is 5.75 Å². The van der Waals surface area contributed by atoms with Gasteiger partial charge in [-0.1, -0.05) is 18.2 Å². The molecule has 1 aromatic carbocycles. The first-order valence-electron chi connectivity index (χ1n) is 5.95. The number of hydrogen-bond acceptors (Lipinski definition) is 4. The normalized spacial score (nSPS) is 9.85. The summed E-state index contributed by atoms with van der Waals surface area (Å²) in [5.74, 6) is 0.162. The Morgan fingerprint density at radius 3 is 2.70 bits per heavy atom. The lowest BCUT2D eigenvalue weighted by molar-refractivity contribution is 0.0936. The molecule has 0 aliphatic rings. The molecule has 0 aliphatic heterocycles. The lowest BCUT2D eigenvalue weighted by Crippen LogP contribution is -2.38. The SMILES string of the molecule is COc1ccccc1CNC(=O)NC(=O)c1ccco1. The smallest absolute Gasteiger partial charge is 0.322 e. The minimum Gasteiger partial charge on any atom is -0.496 e. The summed E-state index contributed by atoms with van der Waals surface area (Å²) >= 11 is 0. The summed E-state index contributed by atoms with van der Waals surface area (Å²) < 4.78 is 10.0. The molecule has 3 amide bonds. The largest absolute Gasteiger partial charge is 0.496 e. The molecule has 0 spiro atoms. The third kappa shape index (κ3) is 3.38. The standard InChI is InChI=1S/C14H14N2O4/c1-19-11-6-3-2-5-10(11)9-15-14(18)16-13(17)12-7-4-8-20-12/h2-8H,9H2,1H3,(H2,15,16,17,18). The number of rotatable bonds is 4. The van der Waals surface area contributed by atoms with E-state index in [0.29, 0.717) is 5.75 Å². The number of carbonyl (C=O) groups is 2. The van der Waals surface area contributed by atoms with Gasteiger partial charge in [-0.25, -0.2) is 4.79 Å². The zero-order valence-corrected chi connectivity index (χ0v) is 10.9. The number of imide groups is 1. The van der Waals surface area contributed by atoms with Gasteiger partial charge in [0.25, 0.3) is 5.91 Å². The number of amides is 3. The molecule has 1 aromatic heterocycles. The van der Waals surface area contributed by atoms with Crippen LogP contribution in [0.15, 0.2) is 47.1 Å². The number of ether oxygens (including phenoxy) is 1. The number of furan rings is 1. The maximum atomic E-state index is 11.6. The summed E-state index contributed by atoms with van der Waals surface area (Å²) in [5.41, 5.74) is 0.815. The Labute approximate surface area is 115 Å². The van der Waals surface area contributed by atoms with E-state index < -0.39 is 11.9 Å². The minimum absolute atomic E-state index is 0.0810. The van der Waals surface area contributed by atoms with Gasteiger partial charge in [-0.2, -0.15) is 0 Å². The van der Waals surface area contributed by atoms with Crippen LogP contribution >= 0.6 is 0 Å². The Morgan fingerprint density at radius 2 is 2.00 bits per heavy atom. The van der Waals surface area contributed by atoms with E-state index in [9.17, 15) is 9.59 Å². The fourth-order valence-electron chi connectivity index (χ4n) is 1.64. The second-order valence-corrected chi connectivity index (χ2v) is 3.93. The highest BCUT2D eigenvalue weighted by molar-refractivity contribution is 6.02. The predicted molar refractivity (Wildman–Crippen MR) is 71.4 cm³/mol. The summed E-state index contributed by atoms with van der Waals surface area (Å²) in [5, 5.41) is 4.74. The molecule has 0 saturated heterocycles. The van der Waals surface area contributed by atoms with E-state index in [4.69, 9.17) is 9.15 Å². The van der Waals surface area contributed by atoms with Crippen LogP contribution < -0.4 is 15.4 Å². The Morgan fingerprint density at radius 1 is 1.20 bits per heavy atom. The van der Waals surface area contributed by atoms with Crippen LogP contribution in [-0.4, -0.2) is 19.0 Å². The molecule has 104 valence electrons. The summed E-state index contributed by atoms with van der Waals surface area (Å²) in [7, 11) is 1.55. The van der Waals surface area contributed by atoms with E-state index in [1.54, 1.807) is 19.2 Å². The second kappa shape index (κ2) is 6.42. The van der Waals surface area contributed by atoms with E-state index >= 15 is 0 Å². The lowest BCUT2D eigenvalue weighted by atomic mass is 10.2. The molecule has 2 N–H and O–H groups in total. The molecule has 2 aromatic rings. The van der Waals surface area contributed by atoms with Crippen molar-refractivity contribution in [1.82, 2.24) is 10.6 Å². The summed E-state index contributed by atoms with van der Waals surface area (Å²) in [6.45, 7) is 0.251. The van der Waals surface area contributed by atoms with Gasteiger partial charge in [0.2, 0.25) is 0 Å². The number of carbonyl (C=O) groups excluding carboxylic acids is 2. The van der Waals surface area contributed by atoms with Crippen LogP contribution in [0, 0.1) is 0 Å². The minimum atomic E-state index is -0.600. The molecule has 0 radical (unpaired) electrons. The van der Waals surface area contributed by atoms with Gasteiger partial charge in [-0.05, 0) is 18.2 Å². The number of hydrogen-bond donors (Lipinski definition) is 2. The number of nitrogens with one attached hydrogen (secondary N) is 2. The van der Waals surface area contributed by atoms with Crippen LogP contribution in [0.4, 0.5) is 4.79 Å². The van der Waals surface area contributed by atoms with Crippen LogP contribution in [0.2, 0.25) is 0 Å². The van der Waals surface area contributed by atoms with E-state index in [1.165, 1.54) is 12.3 Å². The molecule has 1 heterocycles. The van der Waals surface area contributed by atoms with Crippen molar-refractivity contribution in [3.05, 3.63) is 54.0 Å². The van der Waals surface area contributed by atoms with Gasteiger partial charge in [0.15, 0.2) is 5.76 Å². The number of para-hydroxylation sites is 1. The molecule has 6 nitrogen and oxygen atoms in total. The van der Waals surface area contributed by atoms with Gasteiger partial charge in [-0.3, -0.25) is 10.1 Å². The summed E-state index contributed by atoms with van der Waals surface area (Å²) in [4.78, 5) is 23.2.